The maximum absolute atomic E-state index is 10.8. The van der Waals surface area contributed by atoms with E-state index in [9.17, 15) is 4.79 Å². The van der Waals surface area contributed by atoms with Gasteiger partial charge in [-0.2, -0.15) is 12.6 Å². The summed E-state index contributed by atoms with van der Waals surface area (Å²) in [4.78, 5) is 10.8. The van der Waals surface area contributed by atoms with E-state index in [1.54, 1.807) is 0 Å². The zero-order chi connectivity index (χ0) is 11.5. The van der Waals surface area contributed by atoms with Crippen LogP contribution < -0.4 is 0 Å². The highest BCUT2D eigenvalue weighted by molar-refractivity contribution is 7.80. The minimum atomic E-state index is -0.655. The summed E-state index contributed by atoms with van der Waals surface area (Å²) in [5, 5.41) is 8.91. The van der Waals surface area contributed by atoms with Gasteiger partial charge in [0, 0.05) is 0 Å². The van der Waals surface area contributed by atoms with Crippen LogP contribution in [0.25, 0.3) is 0 Å². The van der Waals surface area contributed by atoms with Gasteiger partial charge in [0.25, 0.3) is 0 Å². The molecule has 0 bridgehead atoms. The number of thiol groups is 1. The molecule has 3 heteroatoms. The summed E-state index contributed by atoms with van der Waals surface area (Å²) < 4.78 is 0. The quantitative estimate of drug-likeness (QED) is 0.444. The lowest BCUT2D eigenvalue weighted by molar-refractivity contribution is -0.142. The van der Waals surface area contributed by atoms with Gasteiger partial charge in [-0.15, -0.1) is 0 Å². The highest BCUT2D eigenvalue weighted by Gasteiger charge is 2.15. The predicted octanol–water partition coefficient (Wildman–Crippen LogP) is 3.76. The van der Waals surface area contributed by atoms with Crippen molar-refractivity contribution in [3.8, 4) is 0 Å². The molecule has 0 saturated carbocycles. The van der Waals surface area contributed by atoms with E-state index in [-0.39, 0.29) is 5.92 Å². The Kier molecular flexibility index (Phi) is 10.2. The SMILES string of the molecule is CCCCCCCCC(CCS)C(=O)O. The molecule has 0 saturated heterocycles. The normalized spacial score (nSPS) is 12.7. The minimum Gasteiger partial charge on any atom is -0.481 e. The van der Waals surface area contributed by atoms with Crippen LogP contribution in [0.1, 0.15) is 58.3 Å². The third kappa shape index (κ3) is 8.79. The third-order valence-electron chi connectivity index (χ3n) is 2.73. The van der Waals surface area contributed by atoms with Crippen LogP contribution >= 0.6 is 12.6 Å². The summed E-state index contributed by atoms with van der Waals surface area (Å²) in [5.41, 5.74) is 0. The predicted molar refractivity (Wildman–Crippen MR) is 67.6 cm³/mol. The number of carbonyl (C=O) groups is 1. The molecule has 0 aliphatic heterocycles. The van der Waals surface area contributed by atoms with Gasteiger partial charge >= 0.3 is 5.97 Å². The molecule has 0 rings (SSSR count). The molecule has 0 aromatic heterocycles. The van der Waals surface area contributed by atoms with Crippen molar-refractivity contribution in [3.63, 3.8) is 0 Å². The molecule has 1 atom stereocenters. The zero-order valence-corrected chi connectivity index (χ0v) is 10.6. The molecule has 0 heterocycles. The van der Waals surface area contributed by atoms with Gasteiger partial charge in [-0.25, -0.2) is 0 Å². The van der Waals surface area contributed by atoms with E-state index in [2.05, 4.69) is 19.6 Å². The molecule has 0 aliphatic carbocycles. The minimum absolute atomic E-state index is 0.173. The molecular weight excluding hydrogens is 208 g/mol. The number of hydrogen-bond donors (Lipinski definition) is 2. The molecular formula is C12H24O2S. The monoisotopic (exact) mass is 232 g/mol. The second-order valence-corrected chi connectivity index (χ2v) is 4.55. The van der Waals surface area contributed by atoms with Crippen molar-refractivity contribution in [2.24, 2.45) is 5.92 Å². The fourth-order valence-corrected chi connectivity index (χ4v) is 2.03. The van der Waals surface area contributed by atoms with Crippen LogP contribution in [0, 0.1) is 5.92 Å². The summed E-state index contributed by atoms with van der Waals surface area (Å²) in [5.74, 6) is -0.154. The Morgan fingerprint density at radius 3 is 2.27 bits per heavy atom. The molecule has 15 heavy (non-hydrogen) atoms. The van der Waals surface area contributed by atoms with E-state index in [1.807, 2.05) is 0 Å². The largest absolute Gasteiger partial charge is 0.481 e. The molecule has 0 radical (unpaired) electrons. The smallest absolute Gasteiger partial charge is 0.306 e. The summed E-state index contributed by atoms with van der Waals surface area (Å²) in [6.45, 7) is 2.20. The lowest BCUT2D eigenvalue weighted by atomic mass is 9.98. The summed E-state index contributed by atoms with van der Waals surface area (Å²) in [6.07, 6.45) is 8.86. The maximum atomic E-state index is 10.8. The first-order chi connectivity index (χ1) is 7.22. The number of rotatable bonds is 10. The van der Waals surface area contributed by atoms with Gasteiger partial charge < -0.3 is 5.11 Å². The topological polar surface area (TPSA) is 37.3 Å². The summed E-state index contributed by atoms with van der Waals surface area (Å²) in [7, 11) is 0. The van der Waals surface area contributed by atoms with Gasteiger partial charge in [-0.3, -0.25) is 4.79 Å². The van der Waals surface area contributed by atoms with Gasteiger partial charge in [0.05, 0.1) is 5.92 Å². The van der Waals surface area contributed by atoms with E-state index in [0.29, 0.717) is 12.2 Å². The Balaban J connectivity index is 3.41. The summed E-state index contributed by atoms with van der Waals surface area (Å²) >= 11 is 4.08. The fraction of sp³-hybridized carbons (Fsp3) is 0.917. The second-order valence-electron chi connectivity index (χ2n) is 4.10. The van der Waals surface area contributed by atoms with Crippen molar-refractivity contribution < 1.29 is 9.90 Å². The standard InChI is InChI=1S/C12H24O2S/c1-2-3-4-5-6-7-8-11(9-10-15)12(13)14/h11,15H,2-10H2,1H3,(H,13,14). The number of carboxylic acid groups (broad SMARTS) is 1. The molecule has 2 nitrogen and oxygen atoms in total. The van der Waals surface area contributed by atoms with Gasteiger partial charge in [-0.05, 0) is 18.6 Å². The Morgan fingerprint density at radius 1 is 1.13 bits per heavy atom. The van der Waals surface area contributed by atoms with Gasteiger partial charge in [0.2, 0.25) is 0 Å². The van der Waals surface area contributed by atoms with Crippen molar-refractivity contribution in [1.82, 2.24) is 0 Å². The Labute approximate surface area is 98.9 Å². The van der Waals surface area contributed by atoms with E-state index in [0.717, 1.165) is 12.8 Å². The number of carboxylic acids is 1. The molecule has 0 aromatic rings. The number of aliphatic carboxylic acids is 1. The summed E-state index contributed by atoms with van der Waals surface area (Å²) in [6, 6.07) is 0. The van der Waals surface area contributed by atoms with Gasteiger partial charge in [0.1, 0.15) is 0 Å². The molecule has 0 amide bonds. The molecule has 0 aromatic carbocycles. The van der Waals surface area contributed by atoms with E-state index in [4.69, 9.17) is 5.11 Å². The van der Waals surface area contributed by atoms with Crippen LogP contribution in [0.15, 0.2) is 0 Å². The fourth-order valence-electron chi connectivity index (χ4n) is 1.72. The maximum Gasteiger partial charge on any atom is 0.306 e. The van der Waals surface area contributed by atoms with Crippen LogP contribution in [0.2, 0.25) is 0 Å². The zero-order valence-electron chi connectivity index (χ0n) is 9.74. The first kappa shape index (κ1) is 14.8. The molecule has 90 valence electrons. The average Bonchev–Trinajstić information content (AvgIpc) is 2.21. The van der Waals surface area contributed by atoms with Crippen LogP contribution in [-0.4, -0.2) is 16.8 Å². The molecule has 0 fully saturated rings. The van der Waals surface area contributed by atoms with Crippen molar-refractivity contribution in [2.75, 3.05) is 5.75 Å². The number of unbranched alkanes of at least 4 members (excludes halogenated alkanes) is 5. The van der Waals surface area contributed by atoms with Crippen molar-refractivity contribution >= 4 is 18.6 Å². The average molecular weight is 232 g/mol. The van der Waals surface area contributed by atoms with Crippen molar-refractivity contribution in [1.29, 1.82) is 0 Å². The van der Waals surface area contributed by atoms with Crippen LogP contribution in [0.3, 0.4) is 0 Å². The lowest BCUT2D eigenvalue weighted by Gasteiger charge is -2.10. The Hall–Kier alpha value is -0.180. The molecule has 0 aliphatic rings. The molecule has 0 spiro atoms. The first-order valence-electron chi connectivity index (χ1n) is 6.06. The Morgan fingerprint density at radius 2 is 1.73 bits per heavy atom. The van der Waals surface area contributed by atoms with Crippen molar-refractivity contribution in [2.45, 2.75) is 58.3 Å². The number of hydrogen-bond acceptors (Lipinski definition) is 2. The lowest BCUT2D eigenvalue weighted by Crippen LogP contribution is -2.14. The van der Waals surface area contributed by atoms with E-state index < -0.39 is 5.97 Å². The van der Waals surface area contributed by atoms with Crippen LogP contribution in [-0.2, 0) is 4.79 Å². The molecule has 1 unspecified atom stereocenters. The van der Waals surface area contributed by atoms with Crippen LogP contribution in [0.4, 0.5) is 0 Å². The third-order valence-corrected chi connectivity index (χ3v) is 2.99. The van der Waals surface area contributed by atoms with Crippen molar-refractivity contribution in [3.05, 3.63) is 0 Å². The van der Waals surface area contributed by atoms with Gasteiger partial charge in [-0.1, -0.05) is 45.4 Å². The first-order valence-corrected chi connectivity index (χ1v) is 6.69. The highest BCUT2D eigenvalue weighted by Crippen LogP contribution is 2.16. The highest BCUT2D eigenvalue weighted by atomic mass is 32.1. The Bertz CT molecular complexity index is 160. The second kappa shape index (κ2) is 10.3. The van der Waals surface area contributed by atoms with Crippen LogP contribution in [0.5, 0.6) is 0 Å². The van der Waals surface area contributed by atoms with Gasteiger partial charge in [0.15, 0.2) is 0 Å². The molecule has 1 N–H and O–H groups in total. The van der Waals surface area contributed by atoms with E-state index >= 15 is 0 Å². The van der Waals surface area contributed by atoms with E-state index in [1.165, 1.54) is 32.1 Å².